The number of piperazine rings is 1. The fraction of sp³-hybridized carbons (Fsp3) is 0.533. The second kappa shape index (κ2) is 6.49. The van der Waals surface area contributed by atoms with Crippen LogP contribution >= 0.6 is 0 Å². The summed E-state index contributed by atoms with van der Waals surface area (Å²) in [5.41, 5.74) is 0.673. The molecule has 116 valence electrons. The van der Waals surface area contributed by atoms with Gasteiger partial charge < -0.3 is 10.2 Å². The van der Waals surface area contributed by atoms with Gasteiger partial charge in [-0.05, 0) is 24.6 Å². The summed E-state index contributed by atoms with van der Waals surface area (Å²) in [5, 5.41) is 3.20. The summed E-state index contributed by atoms with van der Waals surface area (Å²) in [6.45, 7) is 3.93. The van der Waals surface area contributed by atoms with Crippen LogP contribution < -0.4 is 5.32 Å². The number of benzene rings is 1. The van der Waals surface area contributed by atoms with E-state index in [-0.39, 0.29) is 18.0 Å². The lowest BCUT2D eigenvalue weighted by atomic mass is 10.0. The second-order valence-corrected chi connectivity index (χ2v) is 5.54. The van der Waals surface area contributed by atoms with Gasteiger partial charge in [0.1, 0.15) is 6.04 Å². The van der Waals surface area contributed by atoms with Gasteiger partial charge in [0.25, 0.3) is 0 Å². The number of hydrogen-bond acceptors (Lipinski definition) is 3. The number of halogens is 2. The van der Waals surface area contributed by atoms with Gasteiger partial charge in [0, 0.05) is 39.8 Å². The molecule has 0 saturated carbocycles. The van der Waals surface area contributed by atoms with Crippen LogP contribution in [0.15, 0.2) is 18.2 Å². The molecule has 21 heavy (non-hydrogen) atoms. The van der Waals surface area contributed by atoms with E-state index in [0.29, 0.717) is 18.7 Å². The zero-order valence-electron chi connectivity index (χ0n) is 12.6. The van der Waals surface area contributed by atoms with Crippen LogP contribution in [0.5, 0.6) is 0 Å². The number of carbonyl (C=O) groups is 1. The molecule has 6 heteroatoms. The van der Waals surface area contributed by atoms with Gasteiger partial charge in [0.15, 0.2) is 11.6 Å². The lowest BCUT2D eigenvalue weighted by molar-refractivity contribution is -0.136. The van der Waals surface area contributed by atoms with Crippen molar-refractivity contribution in [1.82, 2.24) is 15.1 Å². The quantitative estimate of drug-likeness (QED) is 0.916. The average molecular weight is 297 g/mol. The molecular formula is C15H21F2N3O. The van der Waals surface area contributed by atoms with Crippen LogP contribution in [0, 0.1) is 11.6 Å². The Morgan fingerprint density at radius 2 is 2.10 bits per heavy atom. The SMILES string of the molecule is CC(c1ccc(F)c(F)c1)N1CCNCC1C(=O)N(C)C. The molecule has 2 rings (SSSR count). The fourth-order valence-electron chi connectivity index (χ4n) is 2.67. The highest BCUT2D eigenvalue weighted by atomic mass is 19.2. The maximum atomic E-state index is 13.4. The molecule has 1 heterocycles. The molecule has 2 unspecified atom stereocenters. The Labute approximate surface area is 123 Å². The number of amides is 1. The molecule has 4 nitrogen and oxygen atoms in total. The first-order valence-corrected chi connectivity index (χ1v) is 7.04. The van der Waals surface area contributed by atoms with E-state index in [9.17, 15) is 13.6 Å². The molecule has 1 aromatic rings. The lowest BCUT2D eigenvalue weighted by Gasteiger charge is -2.40. The van der Waals surface area contributed by atoms with E-state index in [0.717, 1.165) is 12.6 Å². The first kappa shape index (κ1) is 15.9. The molecule has 0 aromatic heterocycles. The van der Waals surface area contributed by atoms with Crippen molar-refractivity contribution in [2.45, 2.75) is 19.0 Å². The molecule has 1 N–H and O–H groups in total. The minimum Gasteiger partial charge on any atom is -0.347 e. The Hall–Kier alpha value is -1.53. The first-order valence-electron chi connectivity index (χ1n) is 7.04. The van der Waals surface area contributed by atoms with E-state index >= 15 is 0 Å². The summed E-state index contributed by atoms with van der Waals surface area (Å²) in [6.07, 6.45) is 0. The predicted molar refractivity (Wildman–Crippen MR) is 76.8 cm³/mol. The van der Waals surface area contributed by atoms with E-state index in [1.807, 2.05) is 11.8 Å². The standard InChI is InChI=1S/C15H21F2N3O/c1-10(11-4-5-12(16)13(17)8-11)20-7-6-18-9-14(20)15(21)19(2)3/h4-5,8,10,14,18H,6-7,9H2,1-3H3. The van der Waals surface area contributed by atoms with E-state index in [1.165, 1.54) is 6.07 Å². The summed E-state index contributed by atoms with van der Waals surface area (Å²) < 4.78 is 26.5. The molecule has 2 atom stereocenters. The van der Waals surface area contributed by atoms with Gasteiger partial charge in [-0.3, -0.25) is 9.69 Å². The largest absolute Gasteiger partial charge is 0.347 e. The van der Waals surface area contributed by atoms with Crippen LogP contribution in [-0.4, -0.2) is 55.5 Å². The third kappa shape index (κ3) is 3.39. The number of nitrogens with zero attached hydrogens (tertiary/aromatic N) is 2. The lowest BCUT2D eigenvalue weighted by Crippen LogP contribution is -2.58. The Kier molecular flexibility index (Phi) is 4.90. The van der Waals surface area contributed by atoms with Crippen molar-refractivity contribution in [2.75, 3.05) is 33.7 Å². The van der Waals surface area contributed by atoms with Gasteiger partial charge in [-0.1, -0.05) is 6.07 Å². The fourth-order valence-corrected chi connectivity index (χ4v) is 2.67. The van der Waals surface area contributed by atoms with Crippen LogP contribution in [0.2, 0.25) is 0 Å². The van der Waals surface area contributed by atoms with Crippen molar-refractivity contribution in [3.63, 3.8) is 0 Å². The Balaban J connectivity index is 2.23. The summed E-state index contributed by atoms with van der Waals surface area (Å²) in [4.78, 5) is 15.9. The van der Waals surface area contributed by atoms with Crippen molar-refractivity contribution in [3.8, 4) is 0 Å². The summed E-state index contributed by atoms with van der Waals surface area (Å²) in [5.74, 6) is -1.70. The third-order valence-corrected chi connectivity index (χ3v) is 3.93. The van der Waals surface area contributed by atoms with Crippen LogP contribution in [0.3, 0.4) is 0 Å². The smallest absolute Gasteiger partial charge is 0.240 e. The molecule has 1 aromatic carbocycles. The zero-order valence-corrected chi connectivity index (χ0v) is 12.6. The average Bonchev–Trinajstić information content (AvgIpc) is 2.48. The molecule has 1 amide bonds. The van der Waals surface area contributed by atoms with E-state index in [4.69, 9.17) is 0 Å². The minimum absolute atomic E-state index is 0.0108. The zero-order chi connectivity index (χ0) is 15.6. The van der Waals surface area contributed by atoms with Gasteiger partial charge in [0.2, 0.25) is 5.91 Å². The number of likely N-dealkylation sites (N-methyl/N-ethyl adjacent to an activating group) is 1. The number of nitrogens with one attached hydrogen (secondary N) is 1. The maximum Gasteiger partial charge on any atom is 0.240 e. The monoisotopic (exact) mass is 297 g/mol. The van der Waals surface area contributed by atoms with Crippen LogP contribution in [0.25, 0.3) is 0 Å². The first-order chi connectivity index (χ1) is 9.91. The van der Waals surface area contributed by atoms with E-state index in [2.05, 4.69) is 5.32 Å². The van der Waals surface area contributed by atoms with Crippen molar-refractivity contribution in [2.24, 2.45) is 0 Å². The highest BCUT2D eigenvalue weighted by Gasteiger charge is 2.33. The van der Waals surface area contributed by atoms with Gasteiger partial charge in [-0.15, -0.1) is 0 Å². The highest BCUT2D eigenvalue weighted by molar-refractivity contribution is 5.81. The van der Waals surface area contributed by atoms with Crippen molar-refractivity contribution in [1.29, 1.82) is 0 Å². The summed E-state index contributed by atoms with van der Waals surface area (Å²) >= 11 is 0. The van der Waals surface area contributed by atoms with Crippen LogP contribution in [0.4, 0.5) is 8.78 Å². The van der Waals surface area contributed by atoms with Gasteiger partial charge in [-0.25, -0.2) is 8.78 Å². The van der Waals surface area contributed by atoms with E-state index < -0.39 is 11.6 Å². The molecule has 0 spiro atoms. The van der Waals surface area contributed by atoms with Crippen molar-refractivity contribution >= 4 is 5.91 Å². The highest BCUT2D eigenvalue weighted by Crippen LogP contribution is 2.25. The topological polar surface area (TPSA) is 35.6 Å². The number of rotatable bonds is 3. The maximum absolute atomic E-state index is 13.4. The van der Waals surface area contributed by atoms with Crippen LogP contribution in [0.1, 0.15) is 18.5 Å². The molecule has 0 radical (unpaired) electrons. The van der Waals surface area contributed by atoms with Crippen molar-refractivity contribution in [3.05, 3.63) is 35.4 Å². The minimum atomic E-state index is -0.857. The molecule has 0 bridgehead atoms. The van der Waals surface area contributed by atoms with Crippen LogP contribution in [-0.2, 0) is 4.79 Å². The Morgan fingerprint density at radius 3 is 2.71 bits per heavy atom. The Morgan fingerprint density at radius 1 is 1.38 bits per heavy atom. The third-order valence-electron chi connectivity index (χ3n) is 3.93. The molecule has 0 aliphatic carbocycles. The van der Waals surface area contributed by atoms with Crippen molar-refractivity contribution < 1.29 is 13.6 Å². The molecule has 1 aliphatic rings. The van der Waals surface area contributed by atoms with Gasteiger partial charge in [0.05, 0.1) is 0 Å². The molecular weight excluding hydrogens is 276 g/mol. The Bertz CT molecular complexity index is 522. The van der Waals surface area contributed by atoms with Gasteiger partial charge >= 0.3 is 0 Å². The molecule has 1 aliphatic heterocycles. The predicted octanol–water partition coefficient (Wildman–Crippen LogP) is 1.39. The molecule has 1 saturated heterocycles. The van der Waals surface area contributed by atoms with Gasteiger partial charge in [-0.2, -0.15) is 0 Å². The second-order valence-electron chi connectivity index (χ2n) is 5.54. The summed E-state index contributed by atoms with van der Waals surface area (Å²) in [6, 6.07) is 3.46. The number of carbonyl (C=O) groups excluding carboxylic acids is 1. The summed E-state index contributed by atoms with van der Waals surface area (Å²) in [7, 11) is 3.44. The molecule has 1 fully saturated rings. The van der Waals surface area contributed by atoms with E-state index in [1.54, 1.807) is 25.1 Å². The normalized spacial score (nSPS) is 21.1. The number of hydrogen-bond donors (Lipinski definition) is 1.